The number of esters is 1. The first-order valence-electron chi connectivity index (χ1n) is 8.45. The number of nitrogens with one attached hydrogen (secondary N) is 1. The fourth-order valence-corrected chi connectivity index (χ4v) is 2.93. The molecule has 0 saturated heterocycles. The van der Waals surface area contributed by atoms with E-state index in [1.807, 2.05) is 35.8 Å². The van der Waals surface area contributed by atoms with Gasteiger partial charge in [-0.05, 0) is 38.1 Å². The molecule has 140 valence electrons. The van der Waals surface area contributed by atoms with Gasteiger partial charge in [0.05, 0.1) is 11.3 Å². The summed E-state index contributed by atoms with van der Waals surface area (Å²) in [7, 11) is 0. The lowest BCUT2D eigenvalue weighted by molar-refractivity contribution is -0.123. The first-order chi connectivity index (χ1) is 12.9. The Morgan fingerprint density at radius 3 is 2.70 bits per heavy atom. The maximum atomic E-state index is 13.8. The van der Waals surface area contributed by atoms with Gasteiger partial charge in [-0.2, -0.15) is 0 Å². The van der Waals surface area contributed by atoms with Crippen LogP contribution in [0.1, 0.15) is 24.2 Å². The minimum Gasteiger partial charge on any atom is -0.449 e. The third-order valence-electron chi connectivity index (χ3n) is 4.19. The van der Waals surface area contributed by atoms with Gasteiger partial charge in [-0.3, -0.25) is 4.79 Å². The molecule has 1 unspecified atom stereocenters. The van der Waals surface area contributed by atoms with Crippen LogP contribution in [0.15, 0.2) is 48.7 Å². The van der Waals surface area contributed by atoms with Crippen molar-refractivity contribution in [3.63, 3.8) is 0 Å². The average molecular weight is 389 g/mol. The summed E-state index contributed by atoms with van der Waals surface area (Å²) < 4.78 is 21.0. The van der Waals surface area contributed by atoms with Crippen LogP contribution in [0.4, 0.5) is 10.1 Å². The van der Waals surface area contributed by atoms with Gasteiger partial charge in [0.25, 0.3) is 5.91 Å². The van der Waals surface area contributed by atoms with Gasteiger partial charge in [0.2, 0.25) is 0 Å². The molecule has 3 rings (SSSR count). The Hall–Kier alpha value is -2.86. The van der Waals surface area contributed by atoms with Gasteiger partial charge in [-0.1, -0.05) is 29.8 Å². The summed E-state index contributed by atoms with van der Waals surface area (Å²) in [6.07, 6.45) is 0.604. The number of benzene rings is 2. The van der Waals surface area contributed by atoms with E-state index in [1.165, 1.54) is 19.1 Å². The van der Waals surface area contributed by atoms with Crippen molar-refractivity contribution in [2.45, 2.75) is 26.5 Å². The number of hydrogen-bond donors (Lipinski definition) is 1. The van der Waals surface area contributed by atoms with Gasteiger partial charge >= 0.3 is 5.97 Å². The Morgan fingerprint density at radius 1 is 1.26 bits per heavy atom. The third kappa shape index (κ3) is 3.95. The quantitative estimate of drug-likeness (QED) is 0.648. The summed E-state index contributed by atoms with van der Waals surface area (Å²) in [6, 6.07) is 11.4. The average Bonchev–Trinajstić information content (AvgIpc) is 3.03. The predicted molar refractivity (Wildman–Crippen MR) is 103 cm³/mol. The van der Waals surface area contributed by atoms with E-state index >= 15 is 0 Å². The molecule has 5 nitrogen and oxygen atoms in total. The molecule has 2 aromatic carbocycles. The zero-order chi connectivity index (χ0) is 19.6. The van der Waals surface area contributed by atoms with Gasteiger partial charge < -0.3 is 14.6 Å². The summed E-state index contributed by atoms with van der Waals surface area (Å²) in [5.41, 5.74) is 1.26. The van der Waals surface area contributed by atoms with Crippen LogP contribution in [0.5, 0.6) is 0 Å². The van der Waals surface area contributed by atoms with Gasteiger partial charge in [-0.25, -0.2) is 9.18 Å². The molecule has 0 bridgehead atoms. The molecule has 0 saturated carbocycles. The van der Waals surface area contributed by atoms with Crippen molar-refractivity contribution in [1.29, 1.82) is 0 Å². The smallest absolute Gasteiger partial charge is 0.341 e. The minimum atomic E-state index is -1.10. The number of halogens is 2. The molecule has 1 atom stereocenters. The zero-order valence-corrected chi connectivity index (χ0v) is 15.6. The van der Waals surface area contributed by atoms with Gasteiger partial charge in [-0.15, -0.1) is 0 Å². The van der Waals surface area contributed by atoms with E-state index in [2.05, 4.69) is 5.32 Å². The number of carbonyl (C=O) groups is 2. The molecule has 3 aromatic rings. The molecule has 0 aliphatic rings. The molecule has 0 aliphatic carbocycles. The third-order valence-corrected chi connectivity index (χ3v) is 4.43. The maximum absolute atomic E-state index is 13.8. The molecule has 1 N–H and O–H groups in total. The van der Waals surface area contributed by atoms with Crippen molar-refractivity contribution in [2.75, 3.05) is 5.32 Å². The summed E-state index contributed by atoms with van der Waals surface area (Å²) in [6.45, 7) is 4.10. The van der Waals surface area contributed by atoms with Crippen molar-refractivity contribution in [2.24, 2.45) is 0 Å². The van der Waals surface area contributed by atoms with Crippen LogP contribution in [0.3, 0.4) is 0 Å². The van der Waals surface area contributed by atoms with Crippen LogP contribution in [0, 0.1) is 5.82 Å². The number of amides is 1. The largest absolute Gasteiger partial charge is 0.449 e. The number of hydrogen-bond acceptors (Lipinski definition) is 3. The number of para-hydroxylation sites is 1. The van der Waals surface area contributed by atoms with Gasteiger partial charge in [0.1, 0.15) is 5.82 Å². The minimum absolute atomic E-state index is 0.0325. The first-order valence-corrected chi connectivity index (χ1v) is 8.83. The highest BCUT2D eigenvalue weighted by Gasteiger charge is 2.22. The van der Waals surface area contributed by atoms with Crippen molar-refractivity contribution in [1.82, 2.24) is 4.57 Å². The van der Waals surface area contributed by atoms with Crippen molar-refractivity contribution in [3.8, 4) is 0 Å². The summed E-state index contributed by atoms with van der Waals surface area (Å²) in [5, 5.41) is 3.36. The number of ether oxygens (including phenoxy) is 1. The standard InChI is InChI=1S/C20H18ClFN2O3/c1-3-24-11-15(14-6-4-5-7-18(14)24)20(26)27-12(2)19(25)23-17-9-8-13(21)10-16(17)22/h4-12H,3H2,1-2H3,(H,23,25). The topological polar surface area (TPSA) is 60.3 Å². The van der Waals surface area contributed by atoms with Gasteiger partial charge in [0, 0.05) is 28.7 Å². The van der Waals surface area contributed by atoms with E-state index in [4.69, 9.17) is 16.3 Å². The lowest BCUT2D eigenvalue weighted by atomic mass is 10.2. The van der Waals surface area contributed by atoms with Gasteiger partial charge in [0.15, 0.2) is 6.10 Å². The number of nitrogens with zero attached hydrogens (tertiary/aromatic N) is 1. The predicted octanol–water partition coefficient (Wildman–Crippen LogP) is 4.64. The SMILES string of the molecule is CCn1cc(C(=O)OC(C)C(=O)Nc2ccc(Cl)cc2F)c2ccccc21. The number of aryl methyl sites for hydroxylation is 1. The summed E-state index contributed by atoms with van der Waals surface area (Å²) in [4.78, 5) is 24.8. The van der Waals surface area contributed by atoms with Crippen LogP contribution < -0.4 is 5.32 Å². The number of carbonyl (C=O) groups excluding carboxylic acids is 2. The van der Waals surface area contributed by atoms with Crippen LogP contribution in [0.25, 0.3) is 10.9 Å². The van der Waals surface area contributed by atoms with Crippen LogP contribution >= 0.6 is 11.6 Å². The second kappa shape index (κ2) is 7.80. The Bertz CT molecular complexity index is 1020. The molecular weight excluding hydrogens is 371 g/mol. The number of fused-ring (bicyclic) bond motifs is 1. The fraction of sp³-hybridized carbons (Fsp3) is 0.200. The zero-order valence-electron chi connectivity index (χ0n) is 14.8. The van der Waals surface area contributed by atoms with E-state index in [0.717, 1.165) is 17.0 Å². The molecule has 7 heteroatoms. The first kappa shape index (κ1) is 18.9. The molecule has 1 amide bonds. The van der Waals surface area contributed by atoms with Crippen LogP contribution in [-0.4, -0.2) is 22.5 Å². The molecule has 0 fully saturated rings. The lowest BCUT2D eigenvalue weighted by Crippen LogP contribution is -2.30. The Balaban J connectivity index is 1.75. The van der Waals surface area contributed by atoms with E-state index < -0.39 is 23.8 Å². The van der Waals surface area contributed by atoms with Crippen molar-refractivity contribution >= 4 is 40.1 Å². The highest BCUT2D eigenvalue weighted by molar-refractivity contribution is 6.30. The Labute approximate surface area is 160 Å². The molecule has 1 heterocycles. The maximum Gasteiger partial charge on any atom is 0.341 e. The Morgan fingerprint density at radius 2 is 2.00 bits per heavy atom. The molecule has 27 heavy (non-hydrogen) atoms. The second-order valence-corrected chi connectivity index (χ2v) is 6.44. The molecular formula is C20H18ClFN2O3. The number of anilines is 1. The molecule has 0 aliphatic heterocycles. The normalized spacial score (nSPS) is 12.0. The molecule has 0 spiro atoms. The monoisotopic (exact) mass is 388 g/mol. The van der Waals surface area contributed by atoms with E-state index in [-0.39, 0.29) is 10.7 Å². The number of rotatable bonds is 5. The lowest BCUT2D eigenvalue weighted by Gasteiger charge is -2.13. The molecule has 1 aromatic heterocycles. The van der Waals surface area contributed by atoms with E-state index in [1.54, 1.807) is 6.20 Å². The fourth-order valence-electron chi connectivity index (χ4n) is 2.77. The van der Waals surface area contributed by atoms with E-state index in [9.17, 15) is 14.0 Å². The summed E-state index contributed by atoms with van der Waals surface area (Å²) >= 11 is 5.69. The summed E-state index contributed by atoms with van der Waals surface area (Å²) in [5.74, 6) is -1.91. The van der Waals surface area contributed by atoms with Crippen LogP contribution in [-0.2, 0) is 16.1 Å². The Kier molecular flexibility index (Phi) is 5.46. The van der Waals surface area contributed by atoms with Crippen molar-refractivity contribution in [3.05, 3.63) is 65.1 Å². The van der Waals surface area contributed by atoms with Crippen molar-refractivity contribution < 1.29 is 18.7 Å². The highest BCUT2D eigenvalue weighted by Crippen LogP contribution is 2.23. The highest BCUT2D eigenvalue weighted by atomic mass is 35.5. The molecule has 0 radical (unpaired) electrons. The van der Waals surface area contributed by atoms with E-state index in [0.29, 0.717) is 12.1 Å². The number of aromatic nitrogens is 1. The van der Waals surface area contributed by atoms with Crippen LogP contribution in [0.2, 0.25) is 5.02 Å². The second-order valence-electron chi connectivity index (χ2n) is 6.01.